The van der Waals surface area contributed by atoms with Gasteiger partial charge in [0.25, 0.3) is 5.91 Å². The zero-order valence-corrected chi connectivity index (χ0v) is 12.5. The Labute approximate surface area is 126 Å². The van der Waals surface area contributed by atoms with E-state index in [9.17, 15) is 9.90 Å². The van der Waals surface area contributed by atoms with Crippen LogP contribution in [0.1, 0.15) is 42.5 Å². The molecule has 2 fully saturated rings. The summed E-state index contributed by atoms with van der Waals surface area (Å²) >= 11 is 0. The van der Waals surface area contributed by atoms with Crippen LogP contribution in [0.4, 0.5) is 0 Å². The molecule has 1 amide bonds. The van der Waals surface area contributed by atoms with E-state index in [0.29, 0.717) is 11.6 Å². The van der Waals surface area contributed by atoms with E-state index in [4.69, 9.17) is 0 Å². The number of amides is 1. The second-order valence-corrected chi connectivity index (χ2v) is 6.17. The van der Waals surface area contributed by atoms with E-state index in [1.807, 2.05) is 4.90 Å². The van der Waals surface area contributed by atoms with Gasteiger partial charge in [0.15, 0.2) is 0 Å². The van der Waals surface area contributed by atoms with Gasteiger partial charge in [-0.2, -0.15) is 0 Å². The van der Waals surface area contributed by atoms with Gasteiger partial charge in [-0.05, 0) is 63.0 Å². The van der Waals surface area contributed by atoms with Gasteiger partial charge in [-0.15, -0.1) is 0 Å². The summed E-state index contributed by atoms with van der Waals surface area (Å²) in [6, 6.07) is 7.22. The van der Waals surface area contributed by atoms with Crippen molar-refractivity contribution in [2.24, 2.45) is 0 Å². The Hall–Kier alpha value is -1.55. The minimum atomic E-state index is 0.0899. The Balaban J connectivity index is 1.55. The van der Waals surface area contributed by atoms with Gasteiger partial charge in [0.05, 0.1) is 0 Å². The summed E-state index contributed by atoms with van der Waals surface area (Å²) in [4.78, 5) is 17.0. The molecule has 0 bridgehead atoms. The van der Waals surface area contributed by atoms with Crippen molar-refractivity contribution in [1.29, 1.82) is 0 Å². The van der Waals surface area contributed by atoms with Crippen molar-refractivity contribution in [3.8, 4) is 5.75 Å². The lowest BCUT2D eigenvalue weighted by Gasteiger charge is -2.40. The number of nitrogens with zero attached hydrogens (tertiary/aromatic N) is 2. The highest BCUT2D eigenvalue weighted by molar-refractivity contribution is 5.94. The Morgan fingerprint density at radius 3 is 2.19 bits per heavy atom. The van der Waals surface area contributed by atoms with E-state index < -0.39 is 0 Å². The molecule has 1 N–H and O–H groups in total. The molecule has 3 rings (SSSR count). The van der Waals surface area contributed by atoms with Crippen molar-refractivity contribution in [1.82, 2.24) is 9.80 Å². The molecular formula is C17H24N2O2. The average Bonchev–Trinajstić information content (AvgIpc) is 2.56. The van der Waals surface area contributed by atoms with Crippen LogP contribution in [0.5, 0.6) is 5.75 Å². The lowest BCUT2D eigenvalue weighted by molar-refractivity contribution is 0.0590. The Morgan fingerprint density at radius 2 is 1.57 bits per heavy atom. The first-order valence-electron chi connectivity index (χ1n) is 8.06. The number of phenolic OH excluding ortho intramolecular Hbond substituents is 1. The average molecular weight is 288 g/mol. The first-order chi connectivity index (χ1) is 10.2. The highest BCUT2D eigenvalue weighted by atomic mass is 16.3. The van der Waals surface area contributed by atoms with E-state index in [2.05, 4.69) is 4.90 Å². The fraction of sp³-hybridized carbons (Fsp3) is 0.588. The maximum Gasteiger partial charge on any atom is 0.253 e. The number of hydrogen-bond donors (Lipinski definition) is 1. The predicted molar refractivity (Wildman–Crippen MR) is 82.5 cm³/mol. The van der Waals surface area contributed by atoms with Gasteiger partial charge in [0.1, 0.15) is 5.75 Å². The van der Waals surface area contributed by atoms with Crippen molar-refractivity contribution in [3.63, 3.8) is 0 Å². The molecule has 114 valence electrons. The second-order valence-electron chi connectivity index (χ2n) is 6.17. The number of aromatic hydroxyl groups is 1. The van der Waals surface area contributed by atoms with Gasteiger partial charge in [-0.25, -0.2) is 0 Å². The minimum absolute atomic E-state index is 0.0899. The lowest BCUT2D eigenvalue weighted by atomic mass is 9.99. The zero-order chi connectivity index (χ0) is 14.7. The fourth-order valence-electron chi connectivity index (χ4n) is 3.50. The Kier molecular flexibility index (Phi) is 4.44. The summed E-state index contributed by atoms with van der Waals surface area (Å²) in [6.45, 7) is 4.16. The Morgan fingerprint density at radius 1 is 0.952 bits per heavy atom. The largest absolute Gasteiger partial charge is 0.508 e. The molecule has 2 heterocycles. The molecule has 2 saturated heterocycles. The van der Waals surface area contributed by atoms with Crippen LogP contribution in [-0.4, -0.2) is 53.0 Å². The number of benzene rings is 1. The quantitative estimate of drug-likeness (QED) is 0.909. The third-order valence-electron chi connectivity index (χ3n) is 4.77. The van der Waals surface area contributed by atoms with Crippen LogP contribution in [-0.2, 0) is 0 Å². The number of phenols is 1. The van der Waals surface area contributed by atoms with Crippen LogP contribution in [0.15, 0.2) is 24.3 Å². The molecule has 2 aliphatic heterocycles. The van der Waals surface area contributed by atoms with Crippen molar-refractivity contribution < 1.29 is 9.90 Å². The van der Waals surface area contributed by atoms with Crippen LogP contribution in [0.3, 0.4) is 0 Å². The summed E-state index contributed by atoms with van der Waals surface area (Å²) in [7, 11) is 0. The van der Waals surface area contributed by atoms with Gasteiger partial charge in [-0.3, -0.25) is 4.79 Å². The molecule has 4 nitrogen and oxygen atoms in total. The Bertz CT molecular complexity index is 472. The van der Waals surface area contributed by atoms with Crippen LogP contribution in [0.2, 0.25) is 0 Å². The van der Waals surface area contributed by atoms with E-state index in [0.717, 1.165) is 25.9 Å². The normalized spacial score (nSPS) is 21.4. The predicted octanol–water partition coefficient (Wildman–Crippen LogP) is 2.48. The number of carbonyl (C=O) groups is 1. The molecule has 0 aromatic heterocycles. The second kappa shape index (κ2) is 6.48. The van der Waals surface area contributed by atoms with Gasteiger partial charge in [0.2, 0.25) is 0 Å². The van der Waals surface area contributed by atoms with Gasteiger partial charge in [-0.1, -0.05) is 6.42 Å². The summed E-state index contributed by atoms with van der Waals surface area (Å²) in [6.07, 6.45) is 6.20. The number of rotatable bonds is 2. The summed E-state index contributed by atoms with van der Waals surface area (Å²) in [5.74, 6) is 0.294. The molecule has 0 aliphatic carbocycles. The first kappa shape index (κ1) is 14.4. The fourth-order valence-corrected chi connectivity index (χ4v) is 3.50. The molecule has 0 radical (unpaired) electrons. The summed E-state index contributed by atoms with van der Waals surface area (Å²) in [5.41, 5.74) is 0.671. The monoisotopic (exact) mass is 288 g/mol. The lowest BCUT2D eigenvalue weighted by Crippen LogP contribution is -2.48. The van der Waals surface area contributed by atoms with Crippen molar-refractivity contribution in [2.75, 3.05) is 26.2 Å². The van der Waals surface area contributed by atoms with Gasteiger partial charge in [0, 0.05) is 24.7 Å². The number of piperidine rings is 2. The molecule has 4 heteroatoms. The topological polar surface area (TPSA) is 43.8 Å². The van der Waals surface area contributed by atoms with Crippen LogP contribution in [0, 0.1) is 0 Å². The van der Waals surface area contributed by atoms with E-state index in [1.165, 1.54) is 32.4 Å². The minimum Gasteiger partial charge on any atom is -0.508 e. The summed E-state index contributed by atoms with van der Waals surface area (Å²) in [5, 5.41) is 9.30. The maximum absolute atomic E-state index is 12.4. The van der Waals surface area contributed by atoms with Gasteiger partial charge < -0.3 is 14.9 Å². The highest BCUT2D eigenvalue weighted by Crippen LogP contribution is 2.22. The molecule has 2 aliphatic rings. The molecule has 1 aromatic rings. The smallest absolute Gasteiger partial charge is 0.253 e. The molecule has 0 spiro atoms. The van der Waals surface area contributed by atoms with E-state index in [1.54, 1.807) is 24.3 Å². The molecular weight excluding hydrogens is 264 g/mol. The van der Waals surface area contributed by atoms with Crippen molar-refractivity contribution in [3.05, 3.63) is 29.8 Å². The number of carbonyl (C=O) groups excluding carboxylic acids is 1. The standard InChI is InChI=1S/C17H24N2O2/c20-16-6-4-14(5-7-16)17(21)19-12-8-15(9-13-19)18-10-2-1-3-11-18/h4-7,15,20H,1-3,8-13H2. The van der Waals surface area contributed by atoms with E-state index >= 15 is 0 Å². The van der Waals surface area contributed by atoms with Crippen molar-refractivity contribution in [2.45, 2.75) is 38.1 Å². The van der Waals surface area contributed by atoms with E-state index in [-0.39, 0.29) is 11.7 Å². The number of hydrogen-bond acceptors (Lipinski definition) is 3. The molecule has 0 saturated carbocycles. The van der Waals surface area contributed by atoms with Crippen LogP contribution in [0.25, 0.3) is 0 Å². The third-order valence-corrected chi connectivity index (χ3v) is 4.77. The van der Waals surface area contributed by atoms with Crippen molar-refractivity contribution >= 4 is 5.91 Å². The SMILES string of the molecule is O=C(c1ccc(O)cc1)N1CCC(N2CCCCC2)CC1. The summed E-state index contributed by atoms with van der Waals surface area (Å²) < 4.78 is 0. The highest BCUT2D eigenvalue weighted by Gasteiger charge is 2.27. The molecule has 21 heavy (non-hydrogen) atoms. The van der Waals surface area contributed by atoms with Gasteiger partial charge >= 0.3 is 0 Å². The first-order valence-corrected chi connectivity index (χ1v) is 8.06. The molecule has 0 atom stereocenters. The molecule has 1 aromatic carbocycles. The van der Waals surface area contributed by atoms with Crippen LogP contribution >= 0.6 is 0 Å². The zero-order valence-electron chi connectivity index (χ0n) is 12.5. The van der Waals surface area contributed by atoms with Crippen LogP contribution < -0.4 is 0 Å². The number of likely N-dealkylation sites (tertiary alicyclic amines) is 2. The third kappa shape index (κ3) is 3.38. The molecule has 0 unspecified atom stereocenters. The maximum atomic E-state index is 12.4.